The first-order valence-corrected chi connectivity index (χ1v) is 7.28. The molecule has 19 heavy (non-hydrogen) atoms. The molecular weight excluding hydrogens is 304 g/mol. The fourth-order valence-corrected chi connectivity index (χ4v) is 3.12. The molecule has 3 nitrogen and oxygen atoms in total. The molecule has 0 aliphatic rings. The largest absolute Gasteiger partial charge is 0.389 e. The van der Waals surface area contributed by atoms with Gasteiger partial charge in [-0.25, -0.2) is 4.68 Å². The highest BCUT2D eigenvalue weighted by molar-refractivity contribution is 9.10. The van der Waals surface area contributed by atoms with Crippen molar-refractivity contribution in [1.82, 2.24) is 9.78 Å². The maximum Gasteiger partial charge on any atom is 0.0772 e. The van der Waals surface area contributed by atoms with Crippen LogP contribution in [0.15, 0.2) is 22.7 Å². The van der Waals surface area contributed by atoms with Gasteiger partial charge in [-0.15, -0.1) is 0 Å². The topological polar surface area (TPSA) is 38.0 Å². The molecule has 1 atom stereocenters. The molecule has 1 N–H and O–H groups in total. The molecule has 1 aromatic carbocycles. The molecule has 0 saturated heterocycles. The lowest BCUT2D eigenvalue weighted by Gasteiger charge is -2.11. The van der Waals surface area contributed by atoms with E-state index >= 15 is 0 Å². The number of benzene rings is 1. The lowest BCUT2D eigenvalue weighted by Crippen LogP contribution is -2.01. The summed E-state index contributed by atoms with van der Waals surface area (Å²) in [6.07, 6.45) is 0.514. The van der Waals surface area contributed by atoms with E-state index in [0.717, 1.165) is 27.8 Å². The Hall–Kier alpha value is -1.13. The molecule has 102 valence electrons. The van der Waals surface area contributed by atoms with Crippen LogP contribution < -0.4 is 0 Å². The number of hydrogen-bond donors (Lipinski definition) is 1. The van der Waals surface area contributed by atoms with Crippen LogP contribution >= 0.6 is 15.9 Å². The zero-order valence-electron chi connectivity index (χ0n) is 11.7. The molecule has 0 radical (unpaired) electrons. The van der Waals surface area contributed by atoms with Crippen molar-refractivity contribution < 1.29 is 5.11 Å². The number of aliphatic hydroxyl groups excluding tert-OH is 1. The number of halogens is 1. The Morgan fingerprint density at radius 2 is 2.05 bits per heavy atom. The van der Waals surface area contributed by atoms with Crippen LogP contribution in [0, 0.1) is 13.8 Å². The van der Waals surface area contributed by atoms with E-state index < -0.39 is 6.10 Å². The van der Waals surface area contributed by atoms with Gasteiger partial charge >= 0.3 is 0 Å². The monoisotopic (exact) mass is 322 g/mol. The number of aliphatic hydroxyl groups is 1. The smallest absolute Gasteiger partial charge is 0.0772 e. The van der Waals surface area contributed by atoms with E-state index in [0.29, 0.717) is 0 Å². The maximum atomic E-state index is 9.65. The minimum atomic E-state index is -0.477. The minimum Gasteiger partial charge on any atom is -0.389 e. The van der Waals surface area contributed by atoms with Crippen molar-refractivity contribution in [2.24, 2.45) is 0 Å². The highest BCUT2D eigenvalue weighted by atomic mass is 79.9. The molecule has 0 bridgehead atoms. The average Bonchev–Trinajstić information content (AvgIpc) is 2.63. The second-order valence-electron chi connectivity index (χ2n) is 4.80. The van der Waals surface area contributed by atoms with E-state index in [4.69, 9.17) is 0 Å². The van der Waals surface area contributed by atoms with E-state index in [9.17, 15) is 5.11 Å². The van der Waals surface area contributed by atoms with Crippen molar-refractivity contribution in [3.8, 4) is 5.69 Å². The summed E-state index contributed by atoms with van der Waals surface area (Å²) >= 11 is 3.51. The highest BCUT2D eigenvalue weighted by Gasteiger charge is 2.13. The molecule has 1 aromatic heterocycles. The Kier molecular flexibility index (Phi) is 4.11. The predicted molar refractivity (Wildman–Crippen MR) is 80.7 cm³/mol. The molecule has 0 saturated carbocycles. The number of aromatic nitrogens is 2. The van der Waals surface area contributed by atoms with Gasteiger partial charge in [0.05, 0.1) is 17.5 Å². The van der Waals surface area contributed by atoms with Gasteiger partial charge in [0.15, 0.2) is 0 Å². The third kappa shape index (κ3) is 2.60. The van der Waals surface area contributed by atoms with Gasteiger partial charge in [-0.3, -0.25) is 0 Å². The summed E-state index contributed by atoms with van der Waals surface area (Å²) in [6, 6.07) is 5.93. The molecule has 4 heteroatoms. The van der Waals surface area contributed by atoms with E-state index in [1.807, 2.05) is 29.8 Å². The van der Waals surface area contributed by atoms with Gasteiger partial charge in [0.1, 0.15) is 0 Å². The molecule has 0 fully saturated rings. The molecule has 1 heterocycles. The van der Waals surface area contributed by atoms with Crippen LogP contribution in [0.5, 0.6) is 0 Å². The van der Waals surface area contributed by atoms with Crippen LogP contribution in [0.1, 0.15) is 42.5 Å². The minimum absolute atomic E-state index is 0.477. The second kappa shape index (κ2) is 5.47. The highest BCUT2D eigenvalue weighted by Crippen LogP contribution is 2.27. The van der Waals surface area contributed by atoms with Crippen LogP contribution in [-0.4, -0.2) is 14.9 Å². The molecular formula is C15H19BrN2O. The Balaban J connectivity index is 2.51. The Labute approximate surface area is 122 Å². The van der Waals surface area contributed by atoms with Gasteiger partial charge in [-0.05, 0) is 50.5 Å². The van der Waals surface area contributed by atoms with Gasteiger partial charge < -0.3 is 5.11 Å². The van der Waals surface area contributed by atoms with Crippen LogP contribution in [0.2, 0.25) is 0 Å². The van der Waals surface area contributed by atoms with E-state index in [1.165, 1.54) is 11.3 Å². The lowest BCUT2D eigenvalue weighted by atomic mass is 10.1. The normalized spacial score (nSPS) is 12.7. The third-order valence-electron chi connectivity index (χ3n) is 3.47. The van der Waals surface area contributed by atoms with Crippen molar-refractivity contribution in [2.45, 2.75) is 40.2 Å². The van der Waals surface area contributed by atoms with E-state index in [1.54, 1.807) is 6.92 Å². The number of nitrogens with zero attached hydrogens (tertiary/aromatic N) is 2. The molecule has 0 unspecified atom stereocenters. The zero-order chi connectivity index (χ0) is 14.2. The van der Waals surface area contributed by atoms with Crippen molar-refractivity contribution in [3.05, 3.63) is 45.2 Å². The second-order valence-corrected chi connectivity index (χ2v) is 5.65. The third-order valence-corrected chi connectivity index (χ3v) is 4.16. The Morgan fingerprint density at radius 3 is 2.53 bits per heavy atom. The maximum absolute atomic E-state index is 9.65. The lowest BCUT2D eigenvalue weighted by molar-refractivity contribution is 0.198. The molecule has 0 spiro atoms. The van der Waals surface area contributed by atoms with Crippen molar-refractivity contribution in [3.63, 3.8) is 0 Å². The van der Waals surface area contributed by atoms with E-state index in [2.05, 4.69) is 34.9 Å². The fraction of sp³-hybridized carbons (Fsp3) is 0.400. The number of rotatable bonds is 3. The molecule has 2 aromatic rings. The Morgan fingerprint density at radius 1 is 1.37 bits per heavy atom. The number of aryl methyl sites for hydroxylation is 1. The summed E-state index contributed by atoms with van der Waals surface area (Å²) in [7, 11) is 0. The average molecular weight is 323 g/mol. The van der Waals surface area contributed by atoms with Gasteiger partial charge in [0.25, 0.3) is 0 Å². The SMILES string of the molecule is CCc1c(C)nn(-c2ccc([C@@H](C)O)c(Br)c2)c1C. The quantitative estimate of drug-likeness (QED) is 0.931. The van der Waals surface area contributed by atoms with Gasteiger partial charge in [0.2, 0.25) is 0 Å². The van der Waals surface area contributed by atoms with E-state index in [-0.39, 0.29) is 0 Å². The van der Waals surface area contributed by atoms with Crippen molar-refractivity contribution in [1.29, 1.82) is 0 Å². The summed E-state index contributed by atoms with van der Waals surface area (Å²) < 4.78 is 2.87. The van der Waals surface area contributed by atoms with Crippen molar-refractivity contribution in [2.75, 3.05) is 0 Å². The van der Waals surface area contributed by atoms with Crippen LogP contribution in [0.25, 0.3) is 5.69 Å². The standard InChI is InChI=1S/C15H19BrN2O/c1-5-13-9(2)17-18(10(13)3)12-6-7-14(11(4)19)15(16)8-12/h6-8,11,19H,5H2,1-4H3/t11-/m1/s1. The fourth-order valence-electron chi connectivity index (χ4n) is 2.42. The number of hydrogen-bond acceptors (Lipinski definition) is 2. The summed E-state index contributed by atoms with van der Waals surface area (Å²) in [5.74, 6) is 0. The molecule has 0 aliphatic carbocycles. The van der Waals surface area contributed by atoms with Crippen LogP contribution in [0.4, 0.5) is 0 Å². The molecule has 2 rings (SSSR count). The summed E-state index contributed by atoms with van der Waals surface area (Å²) in [5, 5.41) is 14.3. The summed E-state index contributed by atoms with van der Waals surface area (Å²) in [5.41, 5.74) is 5.46. The first-order chi connectivity index (χ1) is 8.95. The first-order valence-electron chi connectivity index (χ1n) is 6.48. The summed E-state index contributed by atoms with van der Waals surface area (Å²) in [6.45, 7) is 8.04. The zero-order valence-corrected chi connectivity index (χ0v) is 13.3. The van der Waals surface area contributed by atoms with Gasteiger partial charge in [-0.1, -0.05) is 28.9 Å². The van der Waals surface area contributed by atoms with Gasteiger partial charge in [-0.2, -0.15) is 5.10 Å². The first kappa shape index (κ1) is 14.3. The Bertz CT molecular complexity index is 602. The van der Waals surface area contributed by atoms with Crippen LogP contribution in [0.3, 0.4) is 0 Å². The predicted octanol–water partition coefficient (Wildman–Crippen LogP) is 3.87. The molecule has 0 amide bonds. The summed E-state index contributed by atoms with van der Waals surface area (Å²) in [4.78, 5) is 0. The van der Waals surface area contributed by atoms with Gasteiger partial charge in [0, 0.05) is 10.2 Å². The van der Waals surface area contributed by atoms with Crippen LogP contribution in [-0.2, 0) is 6.42 Å². The van der Waals surface area contributed by atoms with Crippen molar-refractivity contribution >= 4 is 15.9 Å². The molecule has 0 aliphatic heterocycles.